The number of para-hydroxylation sites is 1. The number of hydrogen-bond donors (Lipinski definition) is 0. The predicted octanol–water partition coefficient (Wildman–Crippen LogP) is 1.07. The zero-order valence-corrected chi connectivity index (χ0v) is 8.02. The average molecular weight is 200 g/mol. The fraction of sp³-hybridized carbons (Fsp3) is 0.0833. The minimum absolute atomic E-state index is 0.192. The van der Waals surface area contributed by atoms with Gasteiger partial charge in [-0.25, -0.2) is 4.39 Å². The quantitative estimate of drug-likeness (QED) is 0.611. The highest BCUT2D eigenvalue weighted by molar-refractivity contribution is 5.41. The summed E-state index contributed by atoms with van der Waals surface area (Å²) < 4.78 is 13.3. The molecule has 2 nitrogen and oxygen atoms in total. The molecule has 2 heterocycles. The minimum Gasteiger partial charge on any atom is -0.340 e. The second kappa shape index (κ2) is 3.05. The zero-order valence-electron chi connectivity index (χ0n) is 8.02. The molecule has 0 fully saturated rings. The van der Waals surface area contributed by atoms with Crippen molar-refractivity contribution in [3.63, 3.8) is 0 Å². The van der Waals surface area contributed by atoms with Gasteiger partial charge in [-0.3, -0.25) is 4.99 Å². The van der Waals surface area contributed by atoms with Crippen molar-refractivity contribution in [2.45, 2.75) is 0 Å². The lowest BCUT2D eigenvalue weighted by Gasteiger charge is -2.12. The van der Waals surface area contributed by atoms with Crippen LogP contribution in [0.2, 0.25) is 0 Å². The summed E-state index contributed by atoms with van der Waals surface area (Å²) in [6.45, 7) is 0.585. The molecule has 3 heteroatoms. The summed E-state index contributed by atoms with van der Waals surface area (Å²) in [5, 5.41) is 1.90. The first-order valence-electron chi connectivity index (χ1n) is 4.82. The molecule has 1 aromatic rings. The Balaban J connectivity index is 2.26. The molecular formula is C12H9FN2. The number of halogens is 1. The molecule has 0 aliphatic carbocycles. The Morgan fingerprint density at radius 1 is 1.27 bits per heavy atom. The van der Waals surface area contributed by atoms with Gasteiger partial charge in [0.2, 0.25) is 0 Å². The first-order chi connectivity index (χ1) is 7.34. The summed E-state index contributed by atoms with van der Waals surface area (Å²) in [5.41, 5.74) is 0.547. The van der Waals surface area contributed by atoms with Crippen molar-refractivity contribution in [1.29, 1.82) is 0 Å². The van der Waals surface area contributed by atoms with Crippen LogP contribution in [0.25, 0.3) is 6.20 Å². The third-order valence-corrected chi connectivity index (χ3v) is 2.58. The number of hydrogen-bond acceptors (Lipinski definition) is 2. The highest BCUT2D eigenvalue weighted by atomic mass is 19.1. The Morgan fingerprint density at radius 3 is 3.07 bits per heavy atom. The van der Waals surface area contributed by atoms with Crippen LogP contribution in [0.3, 0.4) is 0 Å². The predicted molar refractivity (Wildman–Crippen MR) is 55.7 cm³/mol. The Morgan fingerprint density at radius 2 is 2.13 bits per heavy atom. The van der Waals surface area contributed by atoms with E-state index in [9.17, 15) is 4.39 Å². The molecule has 0 saturated carbocycles. The molecule has 0 N–H and O–H groups in total. The van der Waals surface area contributed by atoms with Crippen molar-refractivity contribution in [3.8, 4) is 0 Å². The molecule has 3 rings (SSSR count). The normalized spacial score (nSPS) is 17.8. The number of nitrogens with zero attached hydrogens (tertiary/aromatic N) is 2. The van der Waals surface area contributed by atoms with Crippen molar-refractivity contribution in [2.24, 2.45) is 4.99 Å². The topological polar surface area (TPSA) is 15.6 Å². The van der Waals surface area contributed by atoms with Crippen molar-refractivity contribution in [3.05, 3.63) is 58.6 Å². The molecule has 0 spiro atoms. The minimum atomic E-state index is -0.192. The number of benzene rings is 1. The maximum Gasteiger partial charge on any atom is 0.146 e. The van der Waals surface area contributed by atoms with Gasteiger partial charge in [0.05, 0.1) is 17.3 Å². The van der Waals surface area contributed by atoms with Gasteiger partial charge < -0.3 is 4.90 Å². The maximum atomic E-state index is 13.3. The molecule has 0 unspecified atom stereocenters. The summed E-state index contributed by atoms with van der Waals surface area (Å²) in [6.07, 6.45) is 5.08. The maximum absolute atomic E-state index is 13.3. The molecule has 15 heavy (non-hydrogen) atoms. The van der Waals surface area contributed by atoms with Crippen molar-refractivity contribution < 1.29 is 4.39 Å². The Bertz CT molecular complexity index is 584. The molecule has 0 atom stereocenters. The SMILES string of the molecule is FC1=CCN2C=c3ccccc3=NC=C12. The van der Waals surface area contributed by atoms with E-state index in [0.717, 1.165) is 10.6 Å². The van der Waals surface area contributed by atoms with E-state index in [4.69, 9.17) is 0 Å². The van der Waals surface area contributed by atoms with E-state index in [1.165, 1.54) is 0 Å². The van der Waals surface area contributed by atoms with Crippen LogP contribution >= 0.6 is 0 Å². The van der Waals surface area contributed by atoms with Crippen LogP contribution in [0.5, 0.6) is 0 Å². The van der Waals surface area contributed by atoms with Crippen LogP contribution < -0.4 is 10.6 Å². The van der Waals surface area contributed by atoms with E-state index in [-0.39, 0.29) is 5.83 Å². The fourth-order valence-electron chi connectivity index (χ4n) is 1.79. The van der Waals surface area contributed by atoms with Gasteiger partial charge in [-0.1, -0.05) is 18.2 Å². The van der Waals surface area contributed by atoms with E-state index < -0.39 is 0 Å². The van der Waals surface area contributed by atoms with Crippen molar-refractivity contribution in [1.82, 2.24) is 4.90 Å². The summed E-state index contributed by atoms with van der Waals surface area (Å²) in [6, 6.07) is 7.78. The van der Waals surface area contributed by atoms with Crippen LogP contribution in [0.4, 0.5) is 4.39 Å². The number of allylic oxidation sites excluding steroid dienone is 1. The Labute approximate surface area is 86.4 Å². The lowest BCUT2D eigenvalue weighted by atomic mass is 10.3. The molecule has 2 aliphatic rings. The monoisotopic (exact) mass is 200 g/mol. The molecule has 0 bridgehead atoms. The van der Waals surface area contributed by atoms with Crippen LogP contribution in [0.1, 0.15) is 0 Å². The average Bonchev–Trinajstić information content (AvgIpc) is 2.51. The number of rotatable bonds is 0. The third kappa shape index (κ3) is 1.28. The first kappa shape index (κ1) is 8.41. The van der Waals surface area contributed by atoms with Gasteiger partial charge in [-0.15, -0.1) is 0 Å². The van der Waals surface area contributed by atoms with E-state index in [1.807, 2.05) is 35.4 Å². The molecular weight excluding hydrogens is 191 g/mol. The van der Waals surface area contributed by atoms with Gasteiger partial charge in [0.1, 0.15) is 5.83 Å². The zero-order chi connectivity index (χ0) is 10.3. The molecule has 0 saturated heterocycles. The lowest BCUT2D eigenvalue weighted by Crippen LogP contribution is -2.26. The van der Waals surface area contributed by atoms with Gasteiger partial charge in [0.15, 0.2) is 0 Å². The number of fused-ring (bicyclic) bond motifs is 2. The summed E-state index contributed by atoms with van der Waals surface area (Å²) in [7, 11) is 0. The van der Waals surface area contributed by atoms with Crippen LogP contribution in [-0.4, -0.2) is 11.4 Å². The van der Waals surface area contributed by atoms with Crippen LogP contribution in [-0.2, 0) is 0 Å². The van der Waals surface area contributed by atoms with E-state index in [2.05, 4.69) is 4.99 Å². The van der Waals surface area contributed by atoms with Crippen molar-refractivity contribution >= 4 is 6.20 Å². The van der Waals surface area contributed by atoms with Gasteiger partial charge in [-0.05, 0) is 12.1 Å². The van der Waals surface area contributed by atoms with Crippen molar-refractivity contribution in [2.75, 3.05) is 6.54 Å². The fourth-order valence-corrected chi connectivity index (χ4v) is 1.79. The summed E-state index contributed by atoms with van der Waals surface area (Å²) in [5.74, 6) is -0.192. The molecule has 0 aromatic heterocycles. The van der Waals surface area contributed by atoms with Crippen LogP contribution in [0, 0.1) is 0 Å². The molecule has 1 aromatic carbocycles. The first-order valence-corrected chi connectivity index (χ1v) is 4.82. The highest BCUT2D eigenvalue weighted by Gasteiger charge is 2.18. The second-order valence-corrected chi connectivity index (χ2v) is 3.54. The van der Waals surface area contributed by atoms with Gasteiger partial charge in [-0.2, -0.15) is 0 Å². The van der Waals surface area contributed by atoms with E-state index in [1.54, 1.807) is 12.3 Å². The standard InChI is InChI=1S/C12H9FN2/c13-10-5-6-15-8-9-3-1-2-4-11(9)14-7-12(10)15/h1-5,7-8H,6H2. The van der Waals surface area contributed by atoms with E-state index >= 15 is 0 Å². The Hall–Kier alpha value is -1.90. The van der Waals surface area contributed by atoms with Gasteiger partial charge >= 0.3 is 0 Å². The Kier molecular flexibility index (Phi) is 1.71. The van der Waals surface area contributed by atoms with Crippen LogP contribution in [0.15, 0.2) is 53.1 Å². The highest BCUT2D eigenvalue weighted by Crippen LogP contribution is 2.23. The summed E-state index contributed by atoms with van der Waals surface area (Å²) in [4.78, 5) is 6.13. The third-order valence-electron chi connectivity index (χ3n) is 2.58. The van der Waals surface area contributed by atoms with E-state index in [0.29, 0.717) is 12.2 Å². The summed E-state index contributed by atoms with van der Waals surface area (Å²) >= 11 is 0. The molecule has 74 valence electrons. The molecule has 0 amide bonds. The second-order valence-electron chi connectivity index (χ2n) is 3.54. The van der Waals surface area contributed by atoms with Gasteiger partial charge in [0.25, 0.3) is 0 Å². The molecule has 0 radical (unpaired) electrons. The molecule has 2 aliphatic heterocycles. The lowest BCUT2D eigenvalue weighted by molar-refractivity contribution is 0.558. The van der Waals surface area contributed by atoms with Gasteiger partial charge in [0, 0.05) is 18.0 Å². The smallest absolute Gasteiger partial charge is 0.146 e. The largest absolute Gasteiger partial charge is 0.340 e.